The first kappa shape index (κ1) is 11.9. The highest BCUT2D eigenvalue weighted by Gasteiger charge is 2.58. The molecule has 104 valence electrons. The number of nitrogens with zero attached hydrogens (tertiary/aromatic N) is 2. The van der Waals surface area contributed by atoms with E-state index in [0.29, 0.717) is 17.2 Å². The van der Waals surface area contributed by atoms with Crippen LogP contribution in [0.15, 0.2) is 28.8 Å². The predicted molar refractivity (Wildman–Crippen MR) is 73.6 cm³/mol. The van der Waals surface area contributed by atoms with Crippen molar-refractivity contribution in [2.75, 3.05) is 20.2 Å². The maximum Gasteiger partial charge on any atom is 0.230 e. The zero-order valence-electron chi connectivity index (χ0n) is 11.4. The number of hydrogen-bond donors (Lipinski definition) is 1. The van der Waals surface area contributed by atoms with Gasteiger partial charge in [-0.2, -0.15) is 4.98 Å². The first-order valence-corrected chi connectivity index (χ1v) is 6.99. The Morgan fingerprint density at radius 3 is 3.20 bits per heavy atom. The third kappa shape index (κ3) is 1.81. The average Bonchev–Trinajstić information content (AvgIpc) is 2.87. The van der Waals surface area contributed by atoms with E-state index in [1.54, 1.807) is 7.11 Å². The molecule has 2 fully saturated rings. The lowest BCUT2D eigenvalue weighted by Gasteiger charge is -2.02. The number of benzene rings is 1. The van der Waals surface area contributed by atoms with Gasteiger partial charge < -0.3 is 14.6 Å². The Morgan fingerprint density at radius 1 is 1.45 bits per heavy atom. The van der Waals surface area contributed by atoms with Crippen LogP contribution < -0.4 is 10.1 Å². The van der Waals surface area contributed by atoms with Crippen molar-refractivity contribution in [3.8, 4) is 17.1 Å². The summed E-state index contributed by atoms with van der Waals surface area (Å²) >= 11 is 0. The van der Waals surface area contributed by atoms with Crippen LogP contribution in [0.25, 0.3) is 11.4 Å². The lowest BCUT2D eigenvalue weighted by Crippen LogP contribution is -2.10. The van der Waals surface area contributed by atoms with E-state index < -0.39 is 0 Å². The summed E-state index contributed by atoms with van der Waals surface area (Å²) in [5.74, 6) is 2.67. The number of ether oxygens (including phenoxy) is 1. The minimum absolute atomic E-state index is 0.387. The Balaban J connectivity index is 1.59. The quantitative estimate of drug-likeness (QED) is 0.927. The fraction of sp³-hybridized carbons (Fsp3) is 0.467. The number of methoxy groups -OCH3 is 1. The minimum atomic E-state index is 0.387. The molecule has 5 heteroatoms. The summed E-state index contributed by atoms with van der Waals surface area (Å²) in [5.41, 5.74) is 1.32. The molecule has 4 rings (SSSR count). The third-order valence-electron chi connectivity index (χ3n) is 4.53. The Hall–Kier alpha value is -1.88. The summed E-state index contributed by atoms with van der Waals surface area (Å²) < 4.78 is 10.7. The summed E-state index contributed by atoms with van der Waals surface area (Å²) in [6.45, 7) is 2.18. The van der Waals surface area contributed by atoms with Crippen molar-refractivity contribution in [2.45, 2.75) is 18.8 Å². The minimum Gasteiger partial charge on any atom is -0.497 e. The van der Waals surface area contributed by atoms with Gasteiger partial charge in [-0.1, -0.05) is 17.3 Å². The monoisotopic (exact) mass is 271 g/mol. The summed E-state index contributed by atoms with van der Waals surface area (Å²) in [4.78, 5) is 4.58. The largest absolute Gasteiger partial charge is 0.497 e. The van der Waals surface area contributed by atoms with Crippen LogP contribution in [0.5, 0.6) is 5.75 Å². The van der Waals surface area contributed by atoms with E-state index in [1.165, 1.54) is 12.8 Å². The standard InChI is InChI=1S/C15H17N3O2/c1-19-11-4-2-3-10(7-11)13-17-14(20-18-13)12-8-15(12)5-6-16-9-15/h2-4,7,12,16H,5-6,8-9H2,1H3. The van der Waals surface area contributed by atoms with Crippen molar-refractivity contribution in [2.24, 2.45) is 5.41 Å². The average molecular weight is 271 g/mol. The zero-order chi connectivity index (χ0) is 13.6. The first-order valence-electron chi connectivity index (χ1n) is 6.99. The van der Waals surface area contributed by atoms with Crippen molar-refractivity contribution < 1.29 is 9.26 Å². The van der Waals surface area contributed by atoms with Gasteiger partial charge in [0.25, 0.3) is 0 Å². The summed E-state index contributed by atoms with van der Waals surface area (Å²) in [6.07, 6.45) is 2.38. The summed E-state index contributed by atoms with van der Waals surface area (Å²) in [6, 6.07) is 7.74. The number of rotatable bonds is 3. The molecule has 1 aliphatic heterocycles. The van der Waals surface area contributed by atoms with Crippen molar-refractivity contribution >= 4 is 0 Å². The van der Waals surface area contributed by atoms with Gasteiger partial charge in [0, 0.05) is 18.0 Å². The van der Waals surface area contributed by atoms with Gasteiger partial charge in [-0.05, 0) is 36.9 Å². The lowest BCUT2D eigenvalue weighted by molar-refractivity contribution is 0.364. The molecule has 2 aromatic rings. The van der Waals surface area contributed by atoms with Crippen LogP contribution in [-0.2, 0) is 0 Å². The van der Waals surface area contributed by atoms with Gasteiger partial charge in [-0.3, -0.25) is 0 Å². The van der Waals surface area contributed by atoms with Gasteiger partial charge in [0.15, 0.2) is 0 Å². The molecule has 0 bridgehead atoms. The van der Waals surface area contributed by atoms with Crippen molar-refractivity contribution in [3.05, 3.63) is 30.2 Å². The van der Waals surface area contributed by atoms with Crippen LogP contribution in [0.2, 0.25) is 0 Å². The highest BCUT2D eigenvalue weighted by atomic mass is 16.5. The number of nitrogens with one attached hydrogen (secondary N) is 1. The Morgan fingerprint density at radius 2 is 2.40 bits per heavy atom. The molecule has 20 heavy (non-hydrogen) atoms. The van der Waals surface area contributed by atoms with Gasteiger partial charge in [-0.15, -0.1) is 0 Å². The van der Waals surface area contributed by atoms with E-state index in [2.05, 4.69) is 15.5 Å². The van der Waals surface area contributed by atoms with Gasteiger partial charge in [0.2, 0.25) is 11.7 Å². The second-order valence-corrected chi connectivity index (χ2v) is 5.73. The van der Waals surface area contributed by atoms with Crippen LogP contribution in [0.1, 0.15) is 24.7 Å². The number of hydrogen-bond acceptors (Lipinski definition) is 5. The lowest BCUT2D eigenvalue weighted by atomic mass is 10.0. The number of aromatic nitrogens is 2. The molecule has 1 N–H and O–H groups in total. The molecule has 1 aliphatic carbocycles. The molecule has 2 heterocycles. The Kier molecular flexibility index (Phi) is 2.57. The zero-order valence-corrected chi connectivity index (χ0v) is 11.4. The molecular weight excluding hydrogens is 254 g/mol. The van der Waals surface area contributed by atoms with Crippen LogP contribution in [0.4, 0.5) is 0 Å². The van der Waals surface area contributed by atoms with E-state index in [0.717, 1.165) is 30.3 Å². The second kappa shape index (κ2) is 4.31. The second-order valence-electron chi connectivity index (χ2n) is 5.73. The van der Waals surface area contributed by atoms with Gasteiger partial charge >= 0.3 is 0 Å². The molecule has 2 aliphatic rings. The smallest absolute Gasteiger partial charge is 0.230 e. The normalized spacial score (nSPS) is 27.9. The molecular formula is C15H17N3O2. The SMILES string of the molecule is COc1cccc(-c2noc(C3CC34CCNC4)n2)c1. The van der Waals surface area contributed by atoms with E-state index in [1.807, 2.05) is 24.3 Å². The van der Waals surface area contributed by atoms with Crippen LogP contribution in [-0.4, -0.2) is 30.3 Å². The third-order valence-corrected chi connectivity index (χ3v) is 4.53. The van der Waals surface area contributed by atoms with Gasteiger partial charge in [0.05, 0.1) is 7.11 Å². The molecule has 1 saturated carbocycles. The van der Waals surface area contributed by atoms with E-state index in [4.69, 9.17) is 9.26 Å². The molecule has 1 aromatic carbocycles. The maximum absolute atomic E-state index is 5.47. The topological polar surface area (TPSA) is 60.2 Å². The Labute approximate surface area is 117 Å². The van der Waals surface area contributed by atoms with Gasteiger partial charge in [0.1, 0.15) is 5.75 Å². The molecule has 0 amide bonds. The van der Waals surface area contributed by atoms with Gasteiger partial charge in [-0.25, -0.2) is 0 Å². The fourth-order valence-corrected chi connectivity index (χ4v) is 3.19. The molecule has 0 radical (unpaired) electrons. The van der Waals surface area contributed by atoms with Crippen molar-refractivity contribution in [1.82, 2.24) is 15.5 Å². The van der Waals surface area contributed by atoms with E-state index in [-0.39, 0.29) is 0 Å². The van der Waals surface area contributed by atoms with Crippen molar-refractivity contribution in [3.63, 3.8) is 0 Å². The highest BCUT2D eigenvalue weighted by Crippen LogP contribution is 2.62. The van der Waals surface area contributed by atoms with Crippen LogP contribution in [0.3, 0.4) is 0 Å². The first-order chi connectivity index (χ1) is 9.81. The summed E-state index contributed by atoms with van der Waals surface area (Å²) in [7, 11) is 1.65. The summed E-state index contributed by atoms with van der Waals surface area (Å²) in [5, 5.41) is 7.54. The molecule has 1 aromatic heterocycles. The highest BCUT2D eigenvalue weighted by molar-refractivity contribution is 5.57. The van der Waals surface area contributed by atoms with E-state index in [9.17, 15) is 0 Å². The molecule has 2 atom stereocenters. The molecule has 1 spiro atoms. The molecule has 2 unspecified atom stereocenters. The van der Waals surface area contributed by atoms with Crippen LogP contribution >= 0.6 is 0 Å². The van der Waals surface area contributed by atoms with Crippen molar-refractivity contribution in [1.29, 1.82) is 0 Å². The Bertz CT molecular complexity index is 632. The molecule has 5 nitrogen and oxygen atoms in total. The predicted octanol–water partition coefficient (Wildman–Crippen LogP) is 2.21. The van der Waals surface area contributed by atoms with E-state index >= 15 is 0 Å². The fourth-order valence-electron chi connectivity index (χ4n) is 3.19. The molecule has 1 saturated heterocycles. The maximum atomic E-state index is 5.47. The van der Waals surface area contributed by atoms with Crippen LogP contribution in [0, 0.1) is 5.41 Å².